The molecule has 0 saturated carbocycles. The van der Waals surface area contributed by atoms with E-state index in [0.717, 1.165) is 13.0 Å². The molecule has 2 rings (SSSR count). The number of piperidine rings is 1. The van der Waals surface area contributed by atoms with Crippen molar-refractivity contribution in [3.8, 4) is 0 Å². The molecule has 2 saturated heterocycles. The lowest BCUT2D eigenvalue weighted by molar-refractivity contribution is 0.0318. The smallest absolute Gasteiger partial charge is 0.0966 e. The van der Waals surface area contributed by atoms with Gasteiger partial charge in [-0.2, -0.15) is 0 Å². The van der Waals surface area contributed by atoms with Crippen molar-refractivity contribution in [2.45, 2.75) is 37.5 Å². The molecule has 0 aliphatic carbocycles. The molecule has 0 radical (unpaired) electrons. The van der Waals surface area contributed by atoms with Gasteiger partial charge in [0.2, 0.25) is 0 Å². The fourth-order valence-electron chi connectivity index (χ4n) is 2.23. The van der Waals surface area contributed by atoms with Crippen LogP contribution in [-0.4, -0.2) is 46.5 Å². The third kappa shape index (κ3) is 1.17. The van der Waals surface area contributed by atoms with Crippen LogP contribution in [-0.2, 0) is 0 Å². The van der Waals surface area contributed by atoms with E-state index in [1.807, 2.05) is 0 Å². The molecule has 0 unspecified atom stereocenters. The average Bonchev–Trinajstić information content (AvgIpc) is 2.30. The summed E-state index contributed by atoms with van der Waals surface area (Å²) in [6.07, 6.45) is 2.48. The SMILES string of the molecule is O[C@H]1[C@@H](O)CN2CCCC[C@@H]12. The first kappa shape index (κ1) is 7.53. The van der Waals surface area contributed by atoms with Crippen molar-refractivity contribution in [2.24, 2.45) is 0 Å². The van der Waals surface area contributed by atoms with Gasteiger partial charge in [-0.1, -0.05) is 6.42 Å². The van der Waals surface area contributed by atoms with Crippen molar-refractivity contribution >= 4 is 0 Å². The van der Waals surface area contributed by atoms with Crippen LogP contribution in [0.3, 0.4) is 0 Å². The van der Waals surface area contributed by atoms with Gasteiger partial charge >= 0.3 is 0 Å². The highest BCUT2D eigenvalue weighted by atomic mass is 16.3. The predicted octanol–water partition coefficient (Wildman–Crippen LogP) is -0.424. The van der Waals surface area contributed by atoms with E-state index in [2.05, 4.69) is 4.90 Å². The van der Waals surface area contributed by atoms with Crippen LogP contribution in [0.2, 0.25) is 0 Å². The fourth-order valence-corrected chi connectivity index (χ4v) is 2.23. The summed E-state index contributed by atoms with van der Waals surface area (Å²) in [5.41, 5.74) is 0. The molecule has 2 fully saturated rings. The molecule has 0 spiro atoms. The van der Waals surface area contributed by atoms with Gasteiger partial charge in [-0.05, 0) is 19.4 Å². The minimum atomic E-state index is -0.502. The summed E-state index contributed by atoms with van der Waals surface area (Å²) in [7, 11) is 0. The van der Waals surface area contributed by atoms with E-state index in [4.69, 9.17) is 0 Å². The molecular weight excluding hydrogens is 142 g/mol. The van der Waals surface area contributed by atoms with E-state index < -0.39 is 12.2 Å². The van der Waals surface area contributed by atoms with Crippen LogP contribution in [0.4, 0.5) is 0 Å². The number of hydrogen-bond donors (Lipinski definition) is 2. The molecule has 2 aliphatic rings. The molecule has 2 heterocycles. The van der Waals surface area contributed by atoms with Gasteiger partial charge in [0, 0.05) is 12.6 Å². The zero-order valence-electron chi connectivity index (χ0n) is 6.61. The maximum absolute atomic E-state index is 9.50. The van der Waals surface area contributed by atoms with Crippen LogP contribution in [0, 0.1) is 0 Å². The molecule has 3 heteroatoms. The summed E-state index contributed by atoms with van der Waals surface area (Å²) >= 11 is 0. The Morgan fingerprint density at radius 1 is 1.18 bits per heavy atom. The molecule has 3 nitrogen and oxygen atoms in total. The standard InChI is InChI=1S/C8H15NO2/c10-7-5-9-4-2-1-3-6(9)8(7)11/h6-8,10-11H,1-5H2/t6-,7-,8+/m0/s1. The van der Waals surface area contributed by atoms with Crippen molar-refractivity contribution in [3.05, 3.63) is 0 Å². The van der Waals surface area contributed by atoms with E-state index in [0.29, 0.717) is 6.54 Å². The van der Waals surface area contributed by atoms with Gasteiger partial charge in [0.05, 0.1) is 12.2 Å². The summed E-state index contributed by atoms with van der Waals surface area (Å²) in [6, 6.07) is 0.249. The zero-order chi connectivity index (χ0) is 7.84. The van der Waals surface area contributed by atoms with E-state index in [9.17, 15) is 10.2 Å². The molecule has 0 aromatic heterocycles. The number of fused-ring (bicyclic) bond motifs is 1. The van der Waals surface area contributed by atoms with Crippen LogP contribution in [0.1, 0.15) is 19.3 Å². The number of aliphatic hydroxyl groups excluding tert-OH is 2. The summed E-state index contributed by atoms with van der Waals surface area (Å²) < 4.78 is 0. The molecule has 0 aromatic rings. The summed E-state index contributed by atoms with van der Waals surface area (Å²) in [5, 5.41) is 18.8. The second-order valence-corrected chi connectivity index (χ2v) is 3.62. The second-order valence-electron chi connectivity index (χ2n) is 3.62. The molecule has 0 amide bonds. The zero-order valence-corrected chi connectivity index (χ0v) is 6.61. The van der Waals surface area contributed by atoms with Gasteiger partial charge in [0.25, 0.3) is 0 Å². The average molecular weight is 157 g/mol. The Morgan fingerprint density at radius 2 is 2.00 bits per heavy atom. The normalized spacial score (nSPS) is 45.8. The number of nitrogens with zero attached hydrogens (tertiary/aromatic N) is 1. The Labute approximate surface area is 66.6 Å². The lowest BCUT2D eigenvalue weighted by Gasteiger charge is -2.29. The van der Waals surface area contributed by atoms with Crippen LogP contribution < -0.4 is 0 Å². The highest BCUT2D eigenvalue weighted by molar-refractivity contribution is 4.94. The summed E-state index contributed by atoms with van der Waals surface area (Å²) in [5.74, 6) is 0. The lowest BCUT2D eigenvalue weighted by Crippen LogP contribution is -2.39. The first-order valence-electron chi connectivity index (χ1n) is 4.39. The van der Waals surface area contributed by atoms with Crippen molar-refractivity contribution < 1.29 is 10.2 Å². The van der Waals surface area contributed by atoms with E-state index >= 15 is 0 Å². The third-order valence-corrected chi connectivity index (χ3v) is 2.87. The topological polar surface area (TPSA) is 43.7 Å². The van der Waals surface area contributed by atoms with Crippen molar-refractivity contribution in [3.63, 3.8) is 0 Å². The van der Waals surface area contributed by atoms with Crippen LogP contribution in [0.15, 0.2) is 0 Å². The lowest BCUT2D eigenvalue weighted by atomic mass is 10.0. The highest BCUT2D eigenvalue weighted by Crippen LogP contribution is 2.26. The molecule has 0 aromatic carbocycles. The predicted molar refractivity (Wildman–Crippen MR) is 41.2 cm³/mol. The fraction of sp³-hybridized carbons (Fsp3) is 1.00. The number of hydrogen-bond acceptors (Lipinski definition) is 3. The Kier molecular flexibility index (Phi) is 1.87. The second kappa shape index (κ2) is 2.73. The van der Waals surface area contributed by atoms with Gasteiger partial charge in [0.1, 0.15) is 0 Å². The van der Waals surface area contributed by atoms with E-state index in [1.165, 1.54) is 12.8 Å². The van der Waals surface area contributed by atoms with Crippen molar-refractivity contribution in [1.82, 2.24) is 4.90 Å². The maximum Gasteiger partial charge on any atom is 0.0966 e. The monoisotopic (exact) mass is 157 g/mol. The van der Waals surface area contributed by atoms with Crippen molar-refractivity contribution in [2.75, 3.05) is 13.1 Å². The Morgan fingerprint density at radius 3 is 2.73 bits per heavy atom. The van der Waals surface area contributed by atoms with Gasteiger partial charge in [-0.25, -0.2) is 0 Å². The first-order chi connectivity index (χ1) is 5.29. The molecule has 2 aliphatic heterocycles. The molecule has 0 bridgehead atoms. The highest BCUT2D eigenvalue weighted by Gasteiger charge is 2.40. The quantitative estimate of drug-likeness (QED) is 0.502. The Balaban J connectivity index is 2.05. The van der Waals surface area contributed by atoms with Gasteiger partial charge in [-0.15, -0.1) is 0 Å². The van der Waals surface area contributed by atoms with E-state index in [1.54, 1.807) is 0 Å². The largest absolute Gasteiger partial charge is 0.389 e. The molecule has 2 N–H and O–H groups in total. The summed E-state index contributed by atoms with van der Waals surface area (Å²) in [6.45, 7) is 1.73. The van der Waals surface area contributed by atoms with Crippen LogP contribution >= 0.6 is 0 Å². The maximum atomic E-state index is 9.50. The van der Waals surface area contributed by atoms with E-state index in [-0.39, 0.29) is 6.04 Å². The Hall–Kier alpha value is -0.120. The molecular formula is C8H15NO2. The molecule has 3 atom stereocenters. The first-order valence-corrected chi connectivity index (χ1v) is 4.39. The minimum absolute atomic E-state index is 0.249. The Bertz CT molecular complexity index is 151. The number of aliphatic hydroxyl groups is 2. The van der Waals surface area contributed by atoms with Crippen LogP contribution in [0.25, 0.3) is 0 Å². The number of rotatable bonds is 0. The third-order valence-electron chi connectivity index (χ3n) is 2.87. The molecule has 64 valence electrons. The van der Waals surface area contributed by atoms with Crippen molar-refractivity contribution in [1.29, 1.82) is 0 Å². The summed E-state index contributed by atoms with van der Waals surface area (Å²) in [4.78, 5) is 2.21. The van der Waals surface area contributed by atoms with Gasteiger partial charge < -0.3 is 10.2 Å². The van der Waals surface area contributed by atoms with Crippen LogP contribution in [0.5, 0.6) is 0 Å². The minimum Gasteiger partial charge on any atom is -0.389 e. The van der Waals surface area contributed by atoms with Gasteiger partial charge in [0.15, 0.2) is 0 Å². The molecule has 11 heavy (non-hydrogen) atoms. The van der Waals surface area contributed by atoms with Gasteiger partial charge in [-0.3, -0.25) is 4.90 Å².